The number of carboxylic acid groups (broad SMARTS) is 1. The fourth-order valence-corrected chi connectivity index (χ4v) is 2.92. The molecule has 1 unspecified atom stereocenters. The van der Waals surface area contributed by atoms with Crippen LogP contribution in [0.1, 0.15) is 44.2 Å². The number of rotatable bonds is 11. The van der Waals surface area contributed by atoms with Crippen molar-refractivity contribution in [2.45, 2.75) is 38.5 Å². The third-order valence-electron chi connectivity index (χ3n) is 4.97. The molecule has 0 aliphatic heterocycles. The van der Waals surface area contributed by atoms with Crippen molar-refractivity contribution in [2.75, 3.05) is 32.1 Å². The highest BCUT2D eigenvalue weighted by Crippen LogP contribution is 2.26. The van der Waals surface area contributed by atoms with E-state index >= 15 is 0 Å². The summed E-state index contributed by atoms with van der Waals surface area (Å²) in [4.78, 5) is 15.7. The van der Waals surface area contributed by atoms with Gasteiger partial charge in [-0.3, -0.25) is 4.79 Å². The molecule has 0 saturated carbocycles. The zero-order valence-electron chi connectivity index (χ0n) is 17.2. The van der Waals surface area contributed by atoms with Gasteiger partial charge in [0.25, 0.3) is 0 Å². The number of aliphatic carboxylic acids is 1. The molecule has 6 nitrogen and oxygen atoms in total. The minimum absolute atomic E-state index is 0.302. The van der Waals surface area contributed by atoms with E-state index in [1.165, 1.54) is 0 Å². The molecule has 0 saturated heterocycles. The predicted octanol–water partition coefficient (Wildman–Crippen LogP) is 3.65. The van der Waals surface area contributed by atoms with E-state index in [-0.39, 0.29) is 0 Å². The zero-order chi connectivity index (χ0) is 20.6. The first kappa shape index (κ1) is 21.7. The standard InChI is InChI=1S/C22H31N3O3/c1-16(17-8-5-9-18(14-17)22(2,3)21(26)27)15-23-11-7-13-24-19-10-6-12-25-20(19)28-4/h5-6,8-10,12,14,16,23-24H,7,11,13,15H2,1-4H3,(H,26,27). The molecule has 2 rings (SSSR count). The molecule has 0 fully saturated rings. The lowest BCUT2D eigenvalue weighted by Crippen LogP contribution is -2.29. The highest BCUT2D eigenvalue weighted by molar-refractivity contribution is 5.80. The van der Waals surface area contributed by atoms with Crippen LogP contribution in [-0.2, 0) is 10.2 Å². The Hall–Kier alpha value is -2.60. The first-order valence-corrected chi connectivity index (χ1v) is 9.63. The van der Waals surface area contributed by atoms with Crippen molar-refractivity contribution in [1.82, 2.24) is 10.3 Å². The Labute approximate surface area is 167 Å². The van der Waals surface area contributed by atoms with Crippen molar-refractivity contribution in [3.05, 3.63) is 53.7 Å². The fourth-order valence-electron chi connectivity index (χ4n) is 2.92. The predicted molar refractivity (Wildman–Crippen MR) is 112 cm³/mol. The van der Waals surface area contributed by atoms with E-state index in [2.05, 4.69) is 28.6 Å². The maximum Gasteiger partial charge on any atom is 0.313 e. The molecule has 1 aromatic carbocycles. The molecule has 0 radical (unpaired) electrons. The summed E-state index contributed by atoms with van der Waals surface area (Å²) in [6.45, 7) is 8.18. The van der Waals surface area contributed by atoms with Gasteiger partial charge in [0.1, 0.15) is 0 Å². The summed E-state index contributed by atoms with van der Waals surface area (Å²) in [6.07, 6.45) is 2.68. The number of aromatic nitrogens is 1. The maximum absolute atomic E-state index is 11.5. The molecule has 152 valence electrons. The van der Waals surface area contributed by atoms with Gasteiger partial charge < -0.3 is 20.5 Å². The third kappa shape index (κ3) is 5.70. The minimum Gasteiger partial charge on any atom is -0.481 e. The maximum atomic E-state index is 11.5. The fraction of sp³-hybridized carbons (Fsp3) is 0.455. The van der Waals surface area contributed by atoms with Gasteiger partial charge in [0, 0.05) is 19.3 Å². The molecule has 0 bridgehead atoms. The second kappa shape index (κ2) is 10.1. The van der Waals surface area contributed by atoms with Crippen LogP contribution in [0.15, 0.2) is 42.6 Å². The van der Waals surface area contributed by atoms with Crippen LogP contribution in [0.3, 0.4) is 0 Å². The van der Waals surface area contributed by atoms with Crippen LogP contribution >= 0.6 is 0 Å². The van der Waals surface area contributed by atoms with Gasteiger partial charge in [-0.05, 0) is 56.0 Å². The zero-order valence-corrected chi connectivity index (χ0v) is 17.2. The van der Waals surface area contributed by atoms with Gasteiger partial charge in [-0.15, -0.1) is 0 Å². The van der Waals surface area contributed by atoms with E-state index in [9.17, 15) is 9.90 Å². The molecule has 0 aliphatic rings. The van der Waals surface area contributed by atoms with Gasteiger partial charge in [-0.2, -0.15) is 0 Å². The van der Waals surface area contributed by atoms with Crippen molar-refractivity contribution < 1.29 is 14.6 Å². The van der Waals surface area contributed by atoms with Crippen LogP contribution in [0.5, 0.6) is 5.88 Å². The highest BCUT2D eigenvalue weighted by atomic mass is 16.5. The van der Waals surface area contributed by atoms with Crippen LogP contribution in [0.2, 0.25) is 0 Å². The van der Waals surface area contributed by atoms with Gasteiger partial charge in [0.15, 0.2) is 0 Å². The Morgan fingerprint density at radius 3 is 2.75 bits per heavy atom. The van der Waals surface area contributed by atoms with E-state index in [0.29, 0.717) is 11.8 Å². The average molecular weight is 386 g/mol. The summed E-state index contributed by atoms with van der Waals surface area (Å²) in [5, 5.41) is 16.2. The lowest BCUT2D eigenvalue weighted by atomic mass is 9.83. The van der Waals surface area contributed by atoms with Gasteiger partial charge in [0.05, 0.1) is 18.2 Å². The Kier molecular flexibility index (Phi) is 7.81. The van der Waals surface area contributed by atoms with Gasteiger partial charge in [0.2, 0.25) is 5.88 Å². The summed E-state index contributed by atoms with van der Waals surface area (Å²) >= 11 is 0. The minimum atomic E-state index is -0.887. The molecule has 0 spiro atoms. The number of methoxy groups -OCH3 is 1. The van der Waals surface area contributed by atoms with Crippen molar-refractivity contribution in [2.24, 2.45) is 0 Å². The van der Waals surface area contributed by atoms with Gasteiger partial charge in [-0.1, -0.05) is 31.2 Å². The summed E-state index contributed by atoms with van der Waals surface area (Å²) in [5.74, 6) is 0.0948. The van der Waals surface area contributed by atoms with E-state index in [4.69, 9.17) is 4.74 Å². The number of carboxylic acids is 1. The van der Waals surface area contributed by atoms with Crippen LogP contribution in [-0.4, -0.2) is 42.8 Å². The van der Waals surface area contributed by atoms with E-state index < -0.39 is 11.4 Å². The number of anilines is 1. The molecule has 28 heavy (non-hydrogen) atoms. The topological polar surface area (TPSA) is 83.5 Å². The number of benzene rings is 1. The SMILES string of the molecule is COc1ncccc1NCCCNCC(C)c1cccc(C(C)(C)C(=O)O)c1. The van der Waals surface area contributed by atoms with E-state index in [1.54, 1.807) is 27.2 Å². The Balaban J connectivity index is 1.77. The molecular formula is C22H31N3O3. The molecule has 1 heterocycles. The average Bonchev–Trinajstić information content (AvgIpc) is 2.70. The van der Waals surface area contributed by atoms with Crippen molar-refractivity contribution in [1.29, 1.82) is 0 Å². The Morgan fingerprint density at radius 2 is 2.04 bits per heavy atom. The number of hydrogen-bond acceptors (Lipinski definition) is 5. The molecule has 0 amide bonds. The van der Waals surface area contributed by atoms with Crippen LogP contribution in [0, 0.1) is 0 Å². The Morgan fingerprint density at radius 1 is 1.25 bits per heavy atom. The molecule has 6 heteroatoms. The van der Waals surface area contributed by atoms with Gasteiger partial charge >= 0.3 is 5.97 Å². The second-order valence-corrected chi connectivity index (χ2v) is 7.50. The summed E-state index contributed by atoms with van der Waals surface area (Å²) < 4.78 is 5.23. The molecule has 1 aromatic heterocycles. The second-order valence-electron chi connectivity index (χ2n) is 7.50. The largest absolute Gasteiger partial charge is 0.481 e. The molecule has 2 aromatic rings. The van der Waals surface area contributed by atoms with Gasteiger partial charge in [-0.25, -0.2) is 4.98 Å². The lowest BCUT2D eigenvalue weighted by Gasteiger charge is -2.22. The van der Waals surface area contributed by atoms with Crippen molar-refractivity contribution in [3.63, 3.8) is 0 Å². The number of ether oxygens (including phenoxy) is 1. The quantitative estimate of drug-likeness (QED) is 0.512. The monoisotopic (exact) mass is 385 g/mol. The normalized spacial score (nSPS) is 12.4. The molecule has 0 aliphatic carbocycles. The number of carbonyl (C=O) groups is 1. The highest BCUT2D eigenvalue weighted by Gasteiger charge is 2.29. The van der Waals surface area contributed by atoms with Crippen molar-refractivity contribution in [3.8, 4) is 5.88 Å². The molecular weight excluding hydrogens is 354 g/mol. The number of hydrogen-bond donors (Lipinski definition) is 3. The van der Waals surface area contributed by atoms with E-state index in [0.717, 1.165) is 42.9 Å². The van der Waals surface area contributed by atoms with E-state index in [1.807, 2.05) is 30.3 Å². The number of pyridine rings is 1. The molecule has 1 atom stereocenters. The molecule has 3 N–H and O–H groups in total. The van der Waals surface area contributed by atoms with Crippen LogP contribution in [0.25, 0.3) is 0 Å². The first-order valence-electron chi connectivity index (χ1n) is 9.63. The third-order valence-corrected chi connectivity index (χ3v) is 4.97. The summed E-state index contributed by atoms with van der Waals surface area (Å²) in [5.41, 5.74) is 2.00. The lowest BCUT2D eigenvalue weighted by molar-refractivity contribution is -0.142. The number of nitrogens with one attached hydrogen (secondary N) is 2. The van der Waals surface area contributed by atoms with Crippen LogP contribution < -0.4 is 15.4 Å². The number of nitrogens with zero attached hydrogens (tertiary/aromatic N) is 1. The van der Waals surface area contributed by atoms with Crippen LogP contribution in [0.4, 0.5) is 5.69 Å². The Bertz CT molecular complexity index is 777. The summed E-state index contributed by atoms with van der Waals surface area (Å²) in [7, 11) is 1.61. The summed E-state index contributed by atoms with van der Waals surface area (Å²) in [6, 6.07) is 11.7. The van der Waals surface area contributed by atoms with Crippen molar-refractivity contribution >= 4 is 11.7 Å². The smallest absolute Gasteiger partial charge is 0.313 e. The first-order chi connectivity index (χ1) is 13.4.